The molecule has 0 unspecified atom stereocenters. The summed E-state index contributed by atoms with van der Waals surface area (Å²) in [5, 5.41) is 0. The topological polar surface area (TPSA) is 23.6 Å². The molecule has 0 spiro atoms. The van der Waals surface area contributed by atoms with Crippen LogP contribution in [0.2, 0.25) is 0 Å². The molecule has 1 amide bonds. The monoisotopic (exact) mass is 300 g/mol. The number of hydrogen-bond donors (Lipinski definition) is 0. The Morgan fingerprint density at radius 3 is 2.32 bits per heavy atom. The molecule has 3 heteroatoms. The van der Waals surface area contributed by atoms with E-state index >= 15 is 0 Å². The molecule has 2 fully saturated rings. The number of anilines is 1. The van der Waals surface area contributed by atoms with Crippen molar-refractivity contribution in [2.75, 3.05) is 31.1 Å². The minimum atomic E-state index is 0.387. The molecule has 0 saturated carbocycles. The van der Waals surface area contributed by atoms with E-state index in [0.717, 1.165) is 44.9 Å². The molecule has 2 aliphatic heterocycles. The van der Waals surface area contributed by atoms with Crippen molar-refractivity contribution in [3.05, 3.63) is 29.8 Å². The van der Waals surface area contributed by atoms with Gasteiger partial charge >= 0.3 is 0 Å². The molecule has 3 rings (SSSR count). The van der Waals surface area contributed by atoms with Crippen molar-refractivity contribution in [1.82, 2.24) is 4.90 Å². The lowest BCUT2D eigenvalue weighted by Crippen LogP contribution is -2.34. The molecule has 120 valence electrons. The molecule has 2 heterocycles. The van der Waals surface area contributed by atoms with E-state index in [2.05, 4.69) is 41.0 Å². The zero-order chi connectivity index (χ0) is 15.4. The van der Waals surface area contributed by atoms with E-state index in [0.29, 0.717) is 5.91 Å². The van der Waals surface area contributed by atoms with Crippen molar-refractivity contribution < 1.29 is 4.79 Å². The second kappa shape index (κ2) is 7.17. The number of hydrogen-bond acceptors (Lipinski definition) is 2. The Morgan fingerprint density at radius 2 is 1.68 bits per heavy atom. The Hall–Kier alpha value is -1.51. The third-order valence-electron chi connectivity index (χ3n) is 5.24. The molecule has 2 saturated heterocycles. The molecule has 0 atom stereocenters. The van der Waals surface area contributed by atoms with Crippen molar-refractivity contribution in [3.8, 4) is 0 Å². The van der Waals surface area contributed by atoms with Gasteiger partial charge in [0, 0.05) is 38.3 Å². The first kappa shape index (κ1) is 15.4. The quantitative estimate of drug-likeness (QED) is 0.848. The number of piperidine rings is 1. The fraction of sp³-hybridized carbons (Fsp3) is 0.632. The van der Waals surface area contributed by atoms with Crippen molar-refractivity contribution in [3.63, 3.8) is 0 Å². The van der Waals surface area contributed by atoms with Crippen LogP contribution in [0.5, 0.6) is 0 Å². The van der Waals surface area contributed by atoms with Gasteiger partial charge in [-0.1, -0.05) is 17.7 Å². The fourth-order valence-corrected chi connectivity index (χ4v) is 3.69. The van der Waals surface area contributed by atoms with Crippen LogP contribution in [0.1, 0.15) is 44.1 Å². The largest absolute Gasteiger partial charge is 0.372 e. The Balaban J connectivity index is 1.41. The molecule has 1 aromatic rings. The van der Waals surface area contributed by atoms with E-state index in [-0.39, 0.29) is 0 Å². The average Bonchev–Trinajstić information content (AvgIpc) is 3.08. The van der Waals surface area contributed by atoms with E-state index in [9.17, 15) is 4.79 Å². The summed E-state index contributed by atoms with van der Waals surface area (Å²) >= 11 is 0. The third-order valence-corrected chi connectivity index (χ3v) is 5.24. The summed E-state index contributed by atoms with van der Waals surface area (Å²) in [5.74, 6) is 1.12. The lowest BCUT2D eigenvalue weighted by Gasteiger charge is -2.33. The molecule has 3 nitrogen and oxygen atoms in total. The summed E-state index contributed by atoms with van der Waals surface area (Å²) < 4.78 is 0. The van der Waals surface area contributed by atoms with Gasteiger partial charge in [0.2, 0.25) is 5.91 Å². The Bertz CT molecular complexity index is 483. The summed E-state index contributed by atoms with van der Waals surface area (Å²) in [6.07, 6.45) is 6.68. The average molecular weight is 300 g/mol. The molecular formula is C19H28N2O. The Morgan fingerprint density at radius 1 is 1.05 bits per heavy atom. The van der Waals surface area contributed by atoms with Crippen LogP contribution in [0.15, 0.2) is 24.3 Å². The van der Waals surface area contributed by atoms with Gasteiger partial charge in [-0.05, 0) is 57.1 Å². The normalized spacial score (nSPS) is 19.7. The number of carbonyl (C=O) groups excluding carboxylic acids is 1. The zero-order valence-electron chi connectivity index (χ0n) is 13.8. The van der Waals surface area contributed by atoms with Crippen LogP contribution in [0.25, 0.3) is 0 Å². The van der Waals surface area contributed by atoms with Gasteiger partial charge in [-0.2, -0.15) is 0 Å². The molecule has 0 bridgehead atoms. The van der Waals surface area contributed by atoms with Crippen LogP contribution in [-0.2, 0) is 4.79 Å². The van der Waals surface area contributed by atoms with Crippen molar-refractivity contribution >= 4 is 11.6 Å². The van der Waals surface area contributed by atoms with E-state index in [1.807, 2.05) is 0 Å². The van der Waals surface area contributed by atoms with E-state index in [1.54, 1.807) is 0 Å². The van der Waals surface area contributed by atoms with Crippen molar-refractivity contribution in [2.45, 2.75) is 45.4 Å². The smallest absolute Gasteiger partial charge is 0.222 e. The van der Waals surface area contributed by atoms with Crippen LogP contribution >= 0.6 is 0 Å². The lowest BCUT2D eigenvalue weighted by molar-refractivity contribution is -0.130. The minimum Gasteiger partial charge on any atom is -0.372 e. The van der Waals surface area contributed by atoms with Crippen molar-refractivity contribution in [1.29, 1.82) is 0 Å². The number of nitrogens with zero attached hydrogens (tertiary/aromatic N) is 2. The summed E-state index contributed by atoms with van der Waals surface area (Å²) in [7, 11) is 0. The first-order valence-corrected chi connectivity index (χ1v) is 8.82. The summed E-state index contributed by atoms with van der Waals surface area (Å²) in [6, 6.07) is 8.84. The maximum atomic E-state index is 12.1. The van der Waals surface area contributed by atoms with Crippen LogP contribution in [0.3, 0.4) is 0 Å². The highest BCUT2D eigenvalue weighted by molar-refractivity contribution is 5.76. The zero-order valence-corrected chi connectivity index (χ0v) is 13.8. The highest BCUT2D eigenvalue weighted by atomic mass is 16.2. The Kier molecular flexibility index (Phi) is 5.01. The number of amides is 1. The standard InChI is InChI=1S/C19H28N2O/c1-16-4-7-18(8-5-16)20-14-10-17(11-15-20)6-9-19(22)21-12-2-3-13-21/h4-5,7-8,17H,2-3,6,9-15H2,1H3. The fourth-order valence-electron chi connectivity index (χ4n) is 3.69. The number of likely N-dealkylation sites (tertiary alicyclic amines) is 1. The van der Waals surface area contributed by atoms with E-state index < -0.39 is 0 Å². The maximum absolute atomic E-state index is 12.1. The lowest BCUT2D eigenvalue weighted by atomic mass is 9.91. The van der Waals surface area contributed by atoms with Gasteiger partial charge in [-0.25, -0.2) is 0 Å². The van der Waals surface area contributed by atoms with Crippen molar-refractivity contribution in [2.24, 2.45) is 5.92 Å². The number of benzene rings is 1. The molecule has 0 N–H and O–H groups in total. The van der Waals surface area contributed by atoms with E-state index in [4.69, 9.17) is 0 Å². The second-order valence-corrected chi connectivity index (χ2v) is 6.89. The van der Waals surface area contributed by atoms with Gasteiger partial charge in [0.25, 0.3) is 0 Å². The predicted octanol–water partition coefficient (Wildman–Crippen LogP) is 3.61. The first-order chi connectivity index (χ1) is 10.7. The summed E-state index contributed by atoms with van der Waals surface area (Å²) in [6.45, 7) is 6.38. The van der Waals surface area contributed by atoms with E-state index in [1.165, 1.54) is 36.9 Å². The highest BCUT2D eigenvalue weighted by Gasteiger charge is 2.22. The Labute approximate surface area is 134 Å². The second-order valence-electron chi connectivity index (χ2n) is 6.89. The summed E-state index contributed by atoms with van der Waals surface area (Å²) in [5.41, 5.74) is 2.66. The molecule has 2 aliphatic rings. The third kappa shape index (κ3) is 3.82. The molecular weight excluding hydrogens is 272 g/mol. The SMILES string of the molecule is Cc1ccc(N2CCC(CCC(=O)N3CCCC3)CC2)cc1. The highest BCUT2D eigenvalue weighted by Crippen LogP contribution is 2.26. The van der Waals surface area contributed by atoms with Crippen LogP contribution in [-0.4, -0.2) is 37.0 Å². The summed E-state index contributed by atoms with van der Waals surface area (Å²) in [4.78, 5) is 16.7. The molecule has 1 aromatic carbocycles. The number of carbonyl (C=O) groups is 1. The number of rotatable bonds is 4. The van der Waals surface area contributed by atoms with Gasteiger partial charge < -0.3 is 9.80 Å². The molecule has 0 aliphatic carbocycles. The van der Waals surface area contributed by atoms with Gasteiger partial charge in [-0.3, -0.25) is 4.79 Å². The molecule has 0 aromatic heterocycles. The van der Waals surface area contributed by atoms with Crippen LogP contribution in [0.4, 0.5) is 5.69 Å². The van der Waals surface area contributed by atoms with Crippen LogP contribution < -0.4 is 4.90 Å². The predicted molar refractivity (Wildman–Crippen MR) is 91.2 cm³/mol. The molecule has 0 radical (unpaired) electrons. The van der Waals surface area contributed by atoms with Crippen LogP contribution in [0, 0.1) is 12.8 Å². The maximum Gasteiger partial charge on any atom is 0.222 e. The van der Waals surface area contributed by atoms with Gasteiger partial charge in [-0.15, -0.1) is 0 Å². The minimum absolute atomic E-state index is 0.387. The first-order valence-electron chi connectivity index (χ1n) is 8.82. The van der Waals surface area contributed by atoms with Gasteiger partial charge in [0.1, 0.15) is 0 Å². The molecule has 22 heavy (non-hydrogen) atoms. The number of aryl methyl sites for hydroxylation is 1. The van der Waals surface area contributed by atoms with Gasteiger partial charge in [0.05, 0.1) is 0 Å². The van der Waals surface area contributed by atoms with Gasteiger partial charge in [0.15, 0.2) is 0 Å².